The summed E-state index contributed by atoms with van der Waals surface area (Å²) in [6.07, 6.45) is 0. The van der Waals surface area contributed by atoms with Crippen molar-refractivity contribution in [2.75, 3.05) is 36.0 Å². The summed E-state index contributed by atoms with van der Waals surface area (Å²) in [7, 11) is 0. The largest absolute Gasteiger partial charge is 0.476 e. The third kappa shape index (κ3) is 3.38. The van der Waals surface area contributed by atoms with E-state index in [9.17, 15) is 18.7 Å². The third-order valence-corrected chi connectivity index (χ3v) is 4.63. The molecule has 9 heteroatoms. The lowest BCUT2D eigenvalue weighted by molar-refractivity contribution is 0.0690. The summed E-state index contributed by atoms with van der Waals surface area (Å²) in [5.41, 5.74) is 0.805. The van der Waals surface area contributed by atoms with E-state index in [2.05, 4.69) is 10.2 Å². The molecular formula is C19H17F2N5O2. The molecule has 0 amide bonds. The quantitative estimate of drug-likeness (QED) is 0.744. The van der Waals surface area contributed by atoms with Crippen molar-refractivity contribution in [1.29, 1.82) is 0 Å². The highest BCUT2D eigenvalue weighted by atomic mass is 19.1. The number of carboxylic acids is 1. The Balaban J connectivity index is 1.57. The molecule has 0 saturated carbocycles. The van der Waals surface area contributed by atoms with E-state index in [1.807, 2.05) is 9.80 Å². The molecule has 0 radical (unpaired) electrons. The van der Waals surface area contributed by atoms with Gasteiger partial charge in [0.25, 0.3) is 0 Å². The molecule has 4 rings (SSSR count). The Hall–Kier alpha value is -3.49. The van der Waals surface area contributed by atoms with E-state index < -0.39 is 11.8 Å². The van der Waals surface area contributed by atoms with Gasteiger partial charge in [0.05, 0.1) is 11.4 Å². The number of para-hydroxylation sites is 1. The van der Waals surface area contributed by atoms with Gasteiger partial charge in [-0.2, -0.15) is 0 Å². The Morgan fingerprint density at radius 1 is 0.893 bits per heavy atom. The van der Waals surface area contributed by atoms with Crippen molar-refractivity contribution in [3.8, 4) is 5.69 Å². The van der Waals surface area contributed by atoms with E-state index in [-0.39, 0.29) is 17.3 Å². The predicted molar refractivity (Wildman–Crippen MR) is 99.1 cm³/mol. The molecule has 0 spiro atoms. The minimum Gasteiger partial charge on any atom is -0.476 e. The Morgan fingerprint density at radius 2 is 1.54 bits per heavy atom. The molecule has 3 aromatic rings. The standard InChI is InChI=1S/C19H17F2N5O2/c20-13-5-7-14(8-6-13)26-22-17(19(27)28)18(23-26)25-11-9-24(10-12-25)16-4-2-1-3-15(16)21/h1-8H,9-12H2,(H,27,28). The minimum absolute atomic E-state index is 0.177. The Labute approximate surface area is 159 Å². The molecule has 0 bridgehead atoms. The summed E-state index contributed by atoms with van der Waals surface area (Å²) in [4.78, 5) is 16.5. The van der Waals surface area contributed by atoms with Crippen molar-refractivity contribution in [1.82, 2.24) is 15.0 Å². The second kappa shape index (κ2) is 7.26. The van der Waals surface area contributed by atoms with Gasteiger partial charge in [-0.3, -0.25) is 0 Å². The molecule has 144 valence electrons. The number of carboxylic acid groups (broad SMARTS) is 1. The van der Waals surface area contributed by atoms with Crippen LogP contribution in [0.5, 0.6) is 0 Å². The van der Waals surface area contributed by atoms with E-state index >= 15 is 0 Å². The Bertz CT molecular complexity index is 998. The lowest BCUT2D eigenvalue weighted by atomic mass is 10.2. The Kier molecular flexibility index (Phi) is 4.64. The molecule has 1 aromatic heterocycles. The van der Waals surface area contributed by atoms with E-state index in [0.717, 1.165) is 0 Å². The number of halogens is 2. The van der Waals surface area contributed by atoms with Gasteiger partial charge >= 0.3 is 5.97 Å². The van der Waals surface area contributed by atoms with Crippen molar-refractivity contribution in [2.24, 2.45) is 0 Å². The van der Waals surface area contributed by atoms with Gasteiger partial charge in [-0.05, 0) is 36.4 Å². The van der Waals surface area contributed by atoms with Crippen LogP contribution in [-0.2, 0) is 0 Å². The Morgan fingerprint density at radius 3 is 2.18 bits per heavy atom. The monoisotopic (exact) mass is 385 g/mol. The summed E-state index contributed by atoms with van der Waals surface area (Å²) >= 11 is 0. The van der Waals surface area contributed by atoms with Crippen LogP contribution < -0.4 is 9.80 Å². The van der Waals surface area contributed by atoms with Gasteiger partial charge in [0.15, 0.2) is 5.82 Å². The zero-order chi connectivity index (χ0) is 19.7. The van der Waals surface area contributed by atoms with Crippen LogP contribution in [0.4, 0.5) is 20.3 Å². The third-order valence-electron chi connectivity index (χ3n) is 4.63. The van der Waals surface area contributed by atoms with Crippen LogP contribution >= 0.6 is 0 Å². The molecule has 0 atom stereocenters. The van der Waals surface area contributed by atoms with Crippen molar-refractivity contribution in [3.63, 3.8) is 0 Å². The molecule has 0 aliphatic carbocycles. The van der Waals surface area contributed by atoms with Crippen LogP contribution in [0.25, 0.3) is 5.69 Å². The predicted octanol–water partition coefficient (Wildman–Crippen LogP) is 2.57. The van der Waals surface area contributed by atoms with Crippen molar-refractivity contribution in [3.05, 3.63) is 65.9 Å². The zero-order valence-electron chi connectivity index (χ0n) is 14.8. The molecule has 2 heterocycles. The highest BCUT2D eigenvalue weighted by Crippen LogP contribution is 2.24. The van der Waals surface area contributed by atoms with Gasteiger partial charge in [0.2, 0.25) is 5.69 Å². The first-order valence-electron chi connectivity index (χ1n) is 8.74. The molecule has 1 aliphatic heterocycles. The maximum Gasteiger partial charge on any atom is 0.360 e. The van der Waals surface area contributed by atoms with Crippen molar-refractivity contribution in [2.45, 2.75) is 0 Å². The number of piperazine rings is 1. The molecule has 2 aromatic carbocycles. The van der Waals surface area contributed by atoms with Gasteiger partial charge in [0.1, 0.15) is 11.6 Å². The molecule has 0 unspecified atom stereocenters. The number of aromatic carboxylic acids is 1. The van der Waals surface area contributed by atoms with Gasteiger partial charge in [-0.1, -0.05) is 12.1 Å². The van der Waals surface area contributed by atoms with Crippen LogP contribution in [0.2, 0.25) is 0 Å². The lowest BCUT2D eigenvalue weighted by Gasteiger charge is -2.36. The van der Waals surface area contributed by atoms with Gasteiger partial charge in [0, 0.05) is 26.2 Å². The summed E-state index contributed by atoms with van der Waals surface area (Å²) in [6.45, 7) is 1.97. The lowest BCUT2D eigenvalue weighted by Crippen LogP contribution is -2.47. The van der Waals surface area contributed by atoms with E-state index in [1.165, 1.54) is 35.1 Å². The van der Waals surface area contributed by atoms with Crippen LogP contribution in [0, 0.1) is 11.6 Å². The van der Waals surface area contributed by atoms with Crippen molar-refractivity contribution < 1.29 is 18.7 Å². The maximum absolute atomic E-state index is 14.0. The maximum atomic E-state index is 14.0. The first kappa shape index (κ1) is 17.9. The van der Waals surface area contributed by atoms with Gasteiger partial charge in [-0.25, -0.2) is 13.6 Å². The van der Waals surface area contributed by atoms with Crippen LogP contribution in [0.15, 0.2) is 48.5 Å². The fourth-order valence-electron chi connectivity index (χ4n) is 3.21. The molecule has 1 aliphatic rings. The highest BCUT2D eigenvalue weighted by molar-refractivity contribution is 5.91. The molecule has 1 fully saturated rings. The second-order valence-electron chi connectivity index (χ2n) is 6.37. The average molecular weight is 385 g/mol. The number of anilines is 2. The molecule has 28 heavy (non-hydrogen) atoms. The van der Waals surface area contributed by atoms with E-state index in [0.29, 0.717) is 37.6 Å². The molecule has 1 N–H and O–H groups in total. The first-order chi connectivity index (χ1) is 13.5. The van der Waals surface area contributed by atoms with E-state index in [4.69, 9.17) is 0 Å². The normalized spacial score (nSPS) is 14.4. The number of hydrogen-bond acceptors (Lipinski definition) is 5. The smallest absolute Gasteiger partial charge is 0.360 e. The number of rotatable bonds is 4. The summed E-state index contributed by atoms with van der Waals surface area (Å²) in [5.74, 6) is -1.65. The van der Waals surface area contributed by atoms with Crippen molar-refractivity contribution >= 4 is 17.5 Å². The number of nitrogens with zero attached hydrogens (tertiary/aromatic N) is 5. The SMILES string of the molecule is O=C(O)c1nn(-c2ccc(F)cc2)nc1N1CCN(c2ccccc2F)CC1. The highest BCUT2D eigenvalue weighted by Gasteiger charge is 2.27. The fourth-order valence-corrected chi connectivity index (χ4v) is 3.21. The number of aromatic nitrogens is 3. The first-order valence-corrected chi connectivity index (χ1v) is 8.74. The van der Waals surface area contributed by atoms with Crippen LogP contribution in [0.3, 0.4) is 0 Å². The topological polar surface area (TPSA) is 74.5 Å². The van der Waals surface area contributed by atoms with Crippen LogP contribution in [-0.4, -0.2) is 52.2 Å². The van der Waals surface area contributed by atoms with E-state index in [1.54, 1.807) is 18.2 Å². The number of hydrogen-bond donors (Lipinski definition) is 1. The fraction of sp³-hybridized carbons (Fsp3) is 0.211. The average Bonchev–Trinajstić information content (AvgIpc) is 3.15. The minimum atomic E-state index is -1.19. The zero-order valence-corrected chi connectivity index (χ0v) is 14.8. The number of benzene rings is 2. The van der Waals surface area contributed by atoms with Gasteiger partial charge < -0.3 is 14.9 Å². The summed E-state index contributed by atoms with van der Waals surface area (Å²) in [5, 5.41) is 17.9. The molecule has 1 saturated heterocycles. The summed E-state index contributed by atoms with van der Waals surface area (Å²) < 4.78 is 27.1. The van der Waals surface area contributed by atoms with Crippen LogP contribution in [0.1, 0.15) is 10.5 Å². The van der Waals surface area contributed by atoms with Gasteiger partial charge in [-0.15, -0.1) is 15.0 Å². The number of carbonyl (C=O) groups is 1. The second-order valence-corrected chi connectivity index (χ2v) is 6.37. The summed E-state index contributed by atoms with van der Waals surface area (Å²) in [6, 6.07) is 12.0. The molecule has 7 nitrogen and oxygen atoms in total. The molecular weight excluding hydrogens is 368 g/mol.